The minimum absolute atomic E-state index is 0.0714. The zero-order chi connectivity index (χ0) is 16.4. The van der Waals surface area contributed by atoms with Crippen molar-refractivity contribution in [3.63, 3.8) is 0 Å². The number of benzene rings is 1. The summed E-state index contributed by atoms with van der Waals surface area (Å²) in [6.45, 7) is 5.90. The molecule has 21 heavy (non-hydrogen) atoms. The van der Waals surface area contributed by atoms with Gasteiger partial charge >= 0.3 is 0 Å². The normalized spacial score (nSPS) is 11.8. The molecular weight excluding hydrogens is 295 g/mol. The van der Waals surface area contributed by atoms with Crippen molar-refractivity contribution >= 4 is 15.9 Å². The Labute approximate surface area is 125 Å². The van der Waals surface area contributed by atoms with Crippen molar-refractivity contribution in [2.24, 2.45) is 11.1 Å². The first kappa shape index (κ1) is 17.6. The molecule has 0 radical (unpaired) electrons. The molecule has 0 aliphatic rings. The van der Waals surface area contributed by atoms with Crippen molar-refractivity contribution in [1.82, 2.24) is 4.90 Å². The van der Waals surface area contributed by atoms with Gasteiger partial charge in [-0.15, -0.1) is 0 Å². The Morgan fingerprint density at radius 1 is 1.38 bits per heavy atom. The Balaban J connectivity index is 3.17. The van der Waals surface area contributed by atoms with Crippen LogP contribution in [0.4, 0.5) is 4.39 Å². The molecule has 0 unspecified atom stereocenters. The van der Waals surface area contributed by atoms with Crippen LogP contribution in [-0.2, 0) is 10.0 Å². The maximum absolute atomic E-state index is 14.1. The van der Waals surface area contributed by atoms with E-state index in [2.05, 4.69) is 0 Å². The van der Waals surface area contributed by atoms with Crippen molar-refractivity contribution in [1.29, 1.82) is 0 Å². The highest BCUT2D eigenvalue weighted by molar-refractivity contribution is 7.89. The molecule has 118 valence electrons. The molecule has 0 aliphatic carbocycles. The van der Waals surface area contributed by atoms with Gasteiger partial charge in [-0.05, 0) is 37.0 Å². The molecule has 1 amide bonds. The fourth-order valence-corrected chi connectivity index (χ4v) is 2.44. The molecule has 0 aliphatic heterocycles. The molecule has 0 heterocycles. The van der Waals surface area contributed by atoms with E-state index in [0.29, 0.717) is 12.5 Å². The number of nitrogens with two attached hydrogens (primary N) is 1. The summed E-state index contributed by atoms with van der Waals surface area (Å²) in [5, 5.41) is 5.04. The summed E-state index contributed by atoms with van der Waals surface area (Å²) in [6, 6.07) is 2.11. The third-order valence-corrected chi connectivity index (χ3v) is 4.07. The molecule has 1 aromatic rings. The molecule has 0 spiro atoms. The standard InChI is InChI=1S/C14H21FN2O3S/c1-9(2)5-6-17(4)14(18)12-8-11(21(16,19)20)7-10(3)13(12)15/h7-9H,5-6H2,1-4H3,(H2,16,19,20). The van der Waals surface area contributed by atoms with Crippen LogP contribution >= 0.6 is 0 Å². The lowest BCUT2D eigenvalue weighted by Crippen LogP contribution is -2.29. The molecule has 0 fully saturated rings. The first-order valence-electron chi connectivity index (χ1n) is 6.62. The lowest BCUT2D eigenvalue weighted by Gasteiger charge is -2.19. The number of hydrogen-bond donors (Lipinski definition) is 1. The van der Waals surface area contributed by atoms with Gasteiger partial charge in [0, 0.05) is 13.6 Å². The highest BCUT2D eigenvalue weighted by atomic mass is 32.2. The number of hydrogen-bond acceptors (Lipinski definition) is 3. The van der Waals surface area contributed by atoms with E-state index in [0.717, 1.165) is 18.6 Å². The number of nitrogens with zero attached hydrogens (tertiary/aromatic N) is 1. The Kier molecular flexibility index (Phi) is 5.47. The average molecular weight is 316 g/mol. The zero-order valence-electron chi connectivity index (χ0n) is 12.7. The predicted molar refractivity (Wildman–Crippen MR) is 78.9 cm³/mol. The molecule has 2 N–H and O–H groups in total. The molecular formula is C14H21FN2O3S. The average Bonchev–Trinajstić information content (AvgIpc) is 2.36. The summed E-state index contributed by atoms with van der Waals surface area (Å²) in [6.07, 6.45) is 0.776. The van der Waals surface area contributed by atoms with Crippen molar-refractivity contribution < 1.29 is 17.6 Å². The van der Waals surface area contributed by atoms with Crippen LogP contribution in [0.1, 0.15) is 36.2 Å². The Morgan fingerprint density at radius 3 is 2.43 bits per heavy atom. The zero-order valence-corrected chi connectivity index (χ0v) is 13.5. The summed E-state index contributed by atoms with van der Waals surface area (Å²) >= 11 is 0. The van der Waals surface area contributed by atoms with E-state index in [1.165, 1.54) is 11.8 Å². The third-order valence-electron chi connectivity index (χ3n) is 3.18. The maximum atomic E-state index is 14.1. The fourth-order valence-electron chi connectivity index (χ4n) is 1.82. The number of aryl methyl sites for hydroxylation is 1. The Hall–Kier alpha value is -1.47. The number of carbonyl (C=O) groups is 1. The number of carbonyl (C=O) groups excluding carboxylic acids is 1. The molecule has 0 atom stereocenters. The molecule has 7 heteroatoms. The number of rotatable bonds is 5. The maximum Gasteiger partial charge on any atom is 0.256 e. The first-order chi connectivity index (χ1) is 9.54. The lowest BCUT2D eigenvalue weighted by atomic mass is 10.1. The highest BCUT2D eigenvalue weighted by Gasteiger charge is 2.21. The SMILES string of the molecule is Cc1cc(S(N)(=O)=O)cc(C(=O)N(C)CCC(C)C)c1F. The summed E-state index contributed by atoms with van der Waals surface area (Å²) in [4.78, 5) is 13.4. The van der Waals surface area contributed by atoms with E-state index in [-0.39, 0.29) is 16.0 Å². The van der Waals surface area contributed by atoms with E-state index in [1.54, 1.807) is 7.05 Å². The van der Waals surface area contributed by atoms with Crippen LogP contribution in [0.2, 0.25) is 0 Å². The van der Waals surface area contributed by atoms with Crippen LogP contribution in [0.15, 0.2) is 17.0 Å². The van der Waals surface area contributed by atoms with Gasteiger partial charge in [-0.3, -0.25) is 4.79 Å². The highest BCUT2D eigenvalue weighted by Crippen LogP contribution is 2.20. The van der Waals surface area contributed by atoms with Gasteiger partial charge in [-0.25, -0.2) is 17.9 Å². The third kappa shape index (κ3) is 4.50. The van der Waals surface area contributed by atoms with Crippen LogP contribution in [0.25, 0.3) is 0 Å². The second-order valence-corrected chi connectivity index (χ2v) is 7.12. The van der Waals surface area contributed by atoms with E-state index >= 15 is 0 Å². The monoisotopic (exact) mass is 316 g/mol. The van der Waals surface area contributed by atoms with E-state index < -0.39 is 21.7 Å². The largest absolute Gasteiger partial charge is 0.342 e. The van der Waals surface area contributed by atoms with E-state index in [1.807, 2.05) is 13.8 Å². The second-order valence-electron chi connectivity index (χ2n) is 5.56. The Bertz CT molecular complexity index is 642. The van der Waals surface area contributed by atoms with Crippen LogP contribution in [-0.4, -0.2) is 32.8 Å². The van der Waals surface area contributed by atoms with Crippen LogP contribution in [0.5, 0.6) is 0 Å². The molecule has 0 bridgehead atoms. The van der Waals surface area contributed by atoms with E-state index in [9.17, 15) is 17.6 Å². The topological polar surface area (TPSA) is 80.5 Å². The number of halogens is 1. The minimum atomic E-state index is -3.99. The quantitative estimate of drug-likeness (QED) is 0.901. The van der Waals surface area contributed by atoms with Crippen LogP contribution < -0.4 is 5.14 Å². The molecule has 1 rings (SSSR count). The van der Waals surface area contributed by atoms with Gasteiger partial charge in [0.05, 0.1) is 10.5 Å². The van der Waals surface area contributed by atoms with Crippen LogP contribution in [0, 0.1) is 18.7 Å². The molecule has 5 nitrogen and oxygen atoms in total. The van der Waals surface area contributed by atoms with Gasteiger partial charge < -0.3 is 4.90 Å². The van der Waals surface area contributed by atoms with Crippen molar-refractivity contribution in [2.75, 3.05) is 13.6 Å². The Morgan fingerprint density at radius 2 is 1.95 bits per heavy atom. The first-order valence-corrected chi connectivity index (χ1v) is 8.17. The number of primary sulfonamides is 1. The fraction of sp³-hybridized carbons (Fsp3) is 0.500. The summed E-state index contributed by atoms with van der Waals surface area (Å²) in [5.74, 6) is -0.867. The van der Waals surface area contributed by atoms with Gasteiger partial charge in [-0.2, -0.15) is 0 Å². The second kappa shape index (κ2) is 6.53. The van der Waals surface area contributed by atoms with Gasteiger partial charge in [0.2, 0.25) is 10.0 Å². The van der Waals surface area contributed by atoms with E-state index in [4.69, 9.17) is 5.14 Å². The summed E-state index contributed by atoms with van der Waals surface area (Å²) in [7, 11) is -2.43. The van der Waals surface area contributed by atoms with Crippen molar-refractivity contribution in [3.8, 4) is 0 Å². The summed E-state index contributed by atoms with van der Waals surface area (Å²) in [5.41, 5.74) is -0.201. The minimum Gasteiger partial charge on any atom is -0.342 e. The van der Waals surface area contributed by atoms with Crippen LogP contribution in [0.3, 0.4) is 0 Å². The lowest BCUT2D eigenvalue weighted by molar-refractivity contribution is 0.0784. The molecule has 1 aromatic carbocycles. The molecule has 0 saturated heterocycles. The molecule has 0 aromatic heterocycles. The molecule has 0 saturated carbocycles. The van der Waals surface area contributed by atoms with Gasteiger partial charge in [-0.1, -0.05) is 13.8 Å². The smallest absolute Gasteiger partial charge is 0.256 e. The van der Waals surface area contributed by atoms with Crippen molar-refractivity contribution in [3.05, 3.63) is 29.1 Å². The summed E-state index contributed by atoms with van der Waals surface area (Å²) < 4.78 is 36.9. The van der Waals surface area contributed by atoms with Crippen molar-refractivity contribution in [2.45, 2.75) is 32.1 Å². The number of amides is 1. The predicted octanol–water partition coefficient (Wildman–Crippen LogP) is 1.90. The number of sulfonamides is 1. The van der Waals surface area contributed by atoms with Gasteiger partial charge in [0.15, 0.2) is 0 Å². The van der Waals surface area contributed by atoms with Gasteiger partial charge in [0.25, 0.3) is 5.91 Å². The van der Waals surface area contributed by atoms with Gasteiger partial charge in [0.1, 0.15) is 5.82 Å².